The van der Waals surface area contributed by atoms with E-state index in [0.717, 1.165) is 6.42 Å². The normalized spacial score (nSPS) is 11.1. The summed E-state index contributed by atoms with van der Waals surface area (Å²) in [6.45, 7) is 2.38. The summed E-state index contributed by atoms with van der Waals surface area (Å²) in [5, 5.41) is 17.1. The van der Waals surface area contributed by atoms with E-state index in [4.69, 9.17) is 4.42 Å². The quantitative estimate of drug-likeness (QED) is 0.434. The van der Waals surface area contributed by atoms with E-state index in [1.54, 1.807) is 25.1 Å². The fourth-order valence-electron chi connectivity index (χ4n) is 2.85. The van der Waals surface area contributed by atoms with Crippen molar-refractivity contribution in [1.29, 1.82) is 0 Å². The first kappa shape index (κ1) is 18.4. The average molecular weight is 395 g/mol. The summed E-state index contributed by atoms with van der Waals surface area (Å²) in [6, 6.07) is 16.7. The molecule has 6 nitrogen and oxygen atoms in total. The highest BCUT2D eigenvalue weighted by Crippen LogP contribution is 2.28. The summed E-state index contributed by atoms with van der Waals surface area (Å²) in [4.78, 5) is 0. The highest BCUT2D eigenvalue weighted by Gasteiger charge is 2.18. The van der Waals surface area contributed by atoms with E-state index in [2.05, 4.69) is 32.5 Å². The summed E-state index contributed by atoms with van der Waals surface area (Å²) in [5.41, 5.74) is 1.63. The van der Waals surface area contributed by atoms with Gasteiger partial charge in [-0.05, 0) is 24.1 Å². The number of rotatable bonds is 7. The van der Waals surface area contributed by atoms with Crippen LogP contribution in [0.2, 0.25) is 0 Å². The Labute approximate surface area is 165 Å². The first-order chi connectivity index (χ1) is 13.7. The van der Waals surface area contributed by atoms with Gasteiger partial charge in [0.15, 0.2) is 11.0 Å². The summed E-state index contributed by atoms with van der Waals surface area (Å²) in [7, 11) is 0. The molecular weight excluding hydrogens is 377 g/mol. The maximum absolute atomic E-state index is 14.4. The standard InChI is InChI=1S/C20H18FN5OS/c1-14-22-23-18(27-14)13-28-20-25-24-19(16-9-5-6-10-17(16)21)26(20)12-11-15-7-3-2-4-8-15/h2-10H,11-13H2,1H3. The molecule has 0 aliphatic rings. The van der Waals surface area contributed by atoms with Gasteiger partial charge in [0.05, 0.1) is 11.3 Å². The molecule has 28 heavy (non-hydrogen) atoms. The number of nitrogens with zero attached hydrogens (tertiary/aromatic N) is 5. The van der Waals surface area contributed by atoms with Crippen LogP contribution in [-0.2, 0) is 18.7 Å². The third-order valence-electron chi connectivity index (χ3n) is 4.19. The molecule has 0 N–H and O–H groups in total. The predicted molar refractivity (Wildman–Crippen MR) is 104 cm³/mol. The first-order valence-electron chi connectivity index (χ1n) is 8.84. The zero-order valence-electron chi connectivity index (χ0n) is 15.2. The molecular formula is C20H18FN5OS. The van der Waals surface area contributed by atoms with Crippen molar-refractivity contribution in [2.45, 2.75) is 30.8 Å². The summed E-state index contributed by atoms with van der Waals surface area (Å²) >= 11 is 1.44. The molecule has 2 heterocycles. The number of halogens is 1. The lowest BCUT2D eigenvalue weighted by molar-refractivity contribution is 0.485. The molecule has 0 fully saturated rings. The van der Waals surface area contributed by atoms with Crippen molar-refractivity contribution in [3.05, 3.63) is 77.8 Å². The number of aryl methyl sites for hydroxylation is 2. The smallest absolute Gasteiger partial charge is 0.226 e. The first-order valence-corrected chi connectivity index (χ1v) is 9.83. The van der Waals surface area contributed by atoms with E-state index in [9.17, 15) is 4.39 Å². The number of hydrogen-bond donors (Lipinski definition) is 0. The molecule has 0 unspecified atom stereocenters. The SMILES string of the molecule is Cc1nnc(CSc2nnc(-c3ccccc3F)n2CCc2ccccc2)o1. The average Bonchev–Trinajstić information content (AvgIpc) is 3.31. The molecule has 0 radical (unpaired) electrons. The Morgan fingerprint density at radius 3 is 2.50 bits per heavy atom. The molecule has 2 aromatic carbocycles. The van der Waals surface area contributed by atoms with Crippen molar-refractivity contribution in [2.24, 2.45) is 0 Å². The molecule has 0 atom stereocenters. The molecule has 4 aromatic rings. The zero-order valence-corrected chi connectivity index (χ0v) is 16.1. The van der Waals surface area contributed by atoms with Crippen LogP contribution < -0.4 is 0 Å². The van der Waals surface area contributed by atoms with Gasteiger partial charge in [0.2, 0.25) is 11.8 Å². The molecule has 4 rings (SSSR count). The molecule has 0 amide bonds. The molecule has 0 bridgehead atoms. The maximum Gasteiger partial charge on any atom is 0.226 e. The Balaban J connectivity index is 1.62. The Hall–Kier alpha value is -3.00. The Morgan fingerprint density at radius 1 is 0.964 bits per heavy atom. The Kier molecular flexibility index (Phi) is 5.48. The lowest BCUT2D eigenvalue weighted by atomic mass is 10.1. The van der Waals surface area contributed by atoms with Gasteiger partial charge in [-0.2, -0.15) is 0 Å². The van der Waals surface area contributed by atoms with Crippen LogP contribution in [0, 0.1) is 12.7 Å². The monoisotopic (exact) mass is 395 g/mol. The van der Waals surface area contributed by atoms with E-state index in [-0.39, 0.29) is 5.82 Å². The zero-order chi connectivity index (χ0) is 19.3. The van der Waals surface area contributed by atoms with Crippen molar-refractivity contribution >= 4 is 11.8 Å². The van der Waals surface area contributed by atoms with Crippen LogP contribution in [0.25, 0.3) is 11.4 Å². The van der Waals surface area contributed by atoms with Crippen molar-refractivity contribution in [3.8, 4) is 11.4 Å². The third kappa shape index (κ3) is 4.12. The summed E-state index contributed by atoms with van der Waals surface area (Å²) < 4.78 is 21.7. The number of aromatic nitrogens is 5. The molecule has 0 saturated heterocycles. The molecule has 0 aliphatic carbocycles. The lowest BCUT2D eigenvalue weighted by Crippen LogP contribution is -2.06. The molecule has 0 spiro atoms. The second-order valence-electron chi connectivity index (χ2n) is 6.18. The third-order valence-corrected chi connectivity index (χ3v) is 5.14. The minimum Gasteiger partial charge on any atom is -0.425 e. The molecule has 8 heteroatoms. The molecule has 142 valence electrons. The summed E-state index contributed by atoms with van der Waals surface area (Å²) in [5.74, 6) is 1.71. The topological polar surface area (TPSA) is 69.6 Å². The van der Waals surface area contributed by atoms with Crippen LogP contribution in [0.3, 0.4) is 0 Å². The largest absolute Gasteiger partial charge is 0.425 e. The van der Waals surface area contributed by atoms with Crippen LogP contribution in [0.15, 0.2) is 64.2 Å². The van der Waals surface area contributed by atoms with Crippen LogP contribution >= 0.6 is 11.8 Å². The van der Waals surface area contributed by atoms with Crippen LogP contribution in [0.1, 0.15) is 17.3 Å². The van der Waals surface area contributed by atoms with E-state index in [1.165, 1.54) is 23.4 Å². The van der Waals surface area contributed by atoms with Gasteiger partial charge in [0.1, 0.15) is 5.82 Å². The lowest BCUT2D eigenvalue weighted by Gasteiger charge is -2.10. The molecule has 0 aliphatic heterocycles. The highest BCUT2D eigenvalue weighted by molar-refractivity contribution is 7.98. The summed E-state index contributed by atoms with van der Waals surface area (Å²) in [6.07, 6.45) is 0.785. The van der Waals surface area contributed by atoms with Crippen LogP contribution in [0.5, 0.6) is 0 Å². The number of hydrogen-bond acceptors (Lipinski definition) is 6. The number of thioether (sulfide) groups is 1. The van der Waals surface area contributed by atoms with Crippen molar-refractivity contribution in [3.63, 3.8) is 0 Å². The van der Waals surface area contributed by atoms with Gasteiger partial charge < -0.3 is 8.98 Å². The minimum absolute atomic E-state index is 0.320. The number of benzene rings is 2. The van der Waals surface area contributed by atoms with Crippen molar-refractivity contribution in [1.82, 2.24) is 25.0 Å². The van der Waals surface area contributed by atoms with Gasteiger partial charge in [0, 0.05) is 13.5 Å². The van der Waals surface area contributed by atoms with E-state index >= 15 is 0 Å². The fraction of sp³-hybridized carbons (Fsp3) is 0.200. The van der Waals surface area contributed by atoms with Crippen LogP contribution in [0.4, 0.5) is 4.39 Å². The maximum atomic E-state index is 14.4. The second-order valence-corrected chi connectivity index (χ2v) is 7.12. The molecule has 2 aromatic heterocycles. The second kappa shape index (κ2) is 8.35. The van der Waals surface area contributed by atoms with Crippen molar-refractivity contribution < 1.29 is 8.81 Å². The van der Waals surface area contributed by atoms with E-state index in [1.807, 2.05) is 22.8 Å². The Bertz CT molecular complexity index is 1060. The van der Waals surface area contributed by atoms with Gasteiger partial charge in [0.25, 0.3) is 0 Å². The van der Waals surface area contributed by atoms with Crippen molar-refractivity contribution in [2.75, 3.05) is 0 Å². The van der Waals surface area contributed by atoms with E-state index < -0.39 is 0 Å². The molecule has 0 saturated carbocycles. The fourth-order valence-corrected chi connectivity index (χ4v) is 3.65. The van der Waals surface area contributed by atoms with E-state index in [0.29, 0.717) is 40.6 Å². The van der Waals surface area contributed by atoms with Gasteiger partial charge in [-0.15, -0.1) is 20.4 Å². The van der Waals surface area contributed by atoms with Gasteiger partial charge in [-0.25, -0.2) is 4.39 Å². The van der Waals surface area contributed by atoms with Crippen LogP contribution in [-0.4, -0.2) is 25.0 Å². The minimum atomic E-state index is -0.320. The Morgan fingerprint density at radius 2 is 1.75 bits per heavy atom. The predicted octanol–water partition coefficient (Wildman–Crippen LogP) is 4.31. The van der Waals surface area contributed by atoms with Gasteiger partial charge in [-0.1, -0.05) is 54.2 Å². The highest BCUT2D eigenvalue weighted by atomic mass is 32.2. The van der Waals surface area contributed by atoms with Gasteiger partial charge in [-0.3, -0.25) is 0 Å². The van der Waals surface area contributed by atoms with Gasteiger partial charge >= 0.3 is 0 Å².